The Kier molecular flexibility index (Phi) is 3.78. The van der Waals surface area contributed by atoms with Gasteiger partial charge >= 0.3 is 0 Å². The van der Waals surface area contributed by atoms with E-state index in [4.69, 9.17) is 4.52 Å². The third kappa shape index (κ3) is 2.88. The minimum Gasteiger partial charge on any atom is -0.360 e. The number of aromatic nitrogens is 5. The molecule has 3 aromatic rings. The van der Waals surface area contributed by atoms with Crippen LogP contribution in [0.25, 0.3) is 5.69 Å². The number of nitrogens with zero attached hydrogens (tertiary/aromatic N) is 5. The summed E-state index contributed by atoms with van der Waals surface area (Å²) in [6.07, 6.45) is 0. The Morgan fingerprint density at radius 1 is 1.20 bits per heavy atom. The van der Waals surface area contributed by atoms with Gasteiger partial charge in [-0.1, -0.05) is 23.4 Å². The van der Waals surface area contributed by atoms with Crippen LogP contribution in [0.3, 0.4) is 0 Å². The first-order valence-corrected chi connectivity index (χ1v) is 7.31. The summed E-state index contributed by atoms with van der Waals surface area (Å²) in [7, 11) is 0. The molecule has 0 atom stereocenters. The van der Waals surface area contributed by atoms with Crippen molar-refractivity contribution < 1.29 is 4.52 Å². The van der Waals surface area contributed by atoms with Crippen molar-refractivity contribution in [2.75, 3.05) is 0 Å². The average molecular weight is 287 g/mol. The second kappa shape index (κ2) is 5.87. The van der Waals surface area contributed by atoms with Crippen molar-refractivity contribution in [3.8, 4) is 5.69 Å². The Labute approximate surface area is 120 Å². The van der Waals surface area contributed by atoms with Gasteiger partial charge in [0.2, 0.25) is 0 Å². The Bertz CT molecular complexity index is 679. The number of thioether (sulfide) groups is 1. The topological polar surface area (TPSA) is 69.6 Å². The van der Waals surface area contributed by atoms with Crippen LogP contribution in [0, 0.1) is 6.92 Å². The van der Waals surface area contributed by atoms with Crippen molar-refractivity contribution in [2.24, 2.45) is 0 Å². The summed E-state index contributed by atoms with van der Waals surface area (Å²) in [6.45, 7) is 1.91. The number of aryl methyl sites for hydroxylation is 1. The molecule has 0 aliphatic carbocycles. The molecule has 0 spiro atoms. The Morgan fingerprint density at radius 3 is 2.80 bits per heavy atom. The molecule has 0 amide bonds. The second-order valence-corrected chi connectivity index (χ2v) is 5.26. The van der Waals surface area contributed by atoms with Crippen LogP contribution < -0.4 is 0 Å². The maximum Gasteiger partial charge on any atom is 0.166 e. The first-order valence-electron chi connectivity index (χ1n) is 6.15. The zero-order chi connectivity index (χ0) is 13.8. The van der Waals surface area contributed by atoms with E-state index in [9.17, 15) is 0 Å². The fourth-order valence-electron chi connectivity index (χ4n) is 1.79. The first kappa shape index (κ1) is 12.9. The molecule has 3 rings (SSSR count). The van der Waals surface area contributed by atoms with Crippen LogP contribution in [-0.4, -0.2) is 25.4 Å². The van der Waals surface area contributed by atoms with Gasteiger partial charge in [0.05, 0.1) is 22.9 Å². The molecule has 6 nitrogen and oxygen atoms in total. The van der Waals surface area contributed by atoms with Crippen LogP contribution in [0.4, 0.5) is 0 Å². The van der Waals surface area contributed by atoms with Gasteiger partial charge in [-0.25, -0.2) is 0 Å². The number of benzene rings is 1. The van der Waals surface area contributed by atoms with Crippen molar-refractivity contribution in [1.82, 2.24) is 25.4 Å². The molecule has 2 heterocycles. The molecule has 20 heavy (non-hydrogen) atoms. The van der Waals surface area contributed by atoms with Crippen molar-refractivity contribution in [3.05, 3.63) is 53.7 Å². The molecule has 7 heteroatoms. The highest BCUT2D eigenvalue weighted by molar-refractivity contribution is 7.97. The van der Waals surface area contributed by atoms with Gasteiger partial charge in [0, 0.05) is 6.07 Å². The fraction of sp³-hybridized carbons (Fsp3) is 0.231. The van der Waals surface area contributed by atoms with E-state index in [1.165, 1.54) is 0 Å². The highest BCUT2D eigenvalue weighted by atomic mass is 32.2. The lowest BCUT2D eigenvalue weighted by molar-refractivity contribution is 0.391. The molecule has 0 radical (unpaired) electrons. The normalized spacial score (nSPS) is 10.8. The van der Waals surface area contributed by atoms with Gasteiger partial charge in [0.25, 0.3) is 0 Å². The predicted octanol–water partition coefficient (Wildman–Crippen LogP) is 2.39. The monoisotopic (exact) mass is 287 g/mol. The van der Waals surface area contributed by atoms with Gasteiger partial charge < -0.3 is 4.52 Å². The van der Waals surface area contributed by atoms with Crippen LogP contribution in [0.1, 0.15) is 17.3 Å². The summed E-state index contributed by atoms with van der Waals surface area (Å²) >= 11 is 1.69. The van der Waals surface area contributed by atoms with E-state index < -0.39 is 0 Å². The van der Waals surface area contributed by atoms with Gasteiger partial charge in [-0.2, -0.15) is 4.68 Å². The molecule has 0 fully saturated rings. The molecular weight excluding hydrogens is 274 g/mol. The van der Waals surface area contributed by atoms with E-state index in [0.29, 0.717) is 5.75 Å². The molecule has 0 aliphatic rings. The van der Waals surface area contributed by atoms with E-state index >= 15 is 0 Å². The van der Waals surface area contributed by atoms with Crippen LogP contribution in [0.15, 0.2) is 40.9 Å². The fourth-order valence-corrected chi connectivity index (χ4v) is 2.59. The van der Waals surface area contributed by atoms with E-state index in [-0.39, 0.29) is 0 Å². The summed E-state index contributed by atoms with van der Waals surface area (Å²) in [6, 6.07) is 11.8. The third-order valence-corrected chi connectivity index (χ3v) is 3.64. The lowest BCUT2D eigenvalue weighted by atomic mass is 10.3. The van der Waals surface area contributed by atoms with Crippen LogP contribution in [-0.2, 0) is 11.5 Å². The minimum absolute atomic E-state index is 0.710. The summed E-state index contributed by atoms with van der Waals surface area (Å²) in [4.78, 5) is 0. The number of hydrogen-bond acceptors (Lipinski definition) is 6. The molecule has 0 N–H and O–H groups in total. The zero-order valence-electron chi connectivity index (χ0n) is 10.9. The zero-order valence-corrected chi connectivity index (χ0v) is 11.7. The largest absolute Gasteiger partial charge is 0.360 e. The van der Waals surface area contributed by atoms with Gasteiger partial charge in [-0.3, -0.25) is 0 Å². The maximum atomic E-state index is 5.17. The van der Waals surface area contributed by atoms with Crippen LogP contribution >= 0.6 is 11.8 Å². The molecular formula is C13H13N5OS. The van der Waals surface area contributed by atoms with E-state index in [1.807, 2.05) is 43.3 Å². The van der Waals surface area contributed by atoms with Gasteiger partial charge in [-0.05, 0) is 29.5 Å². The Morgan fingerprint density at radius 2 is 2.05 bits per heavy atom. The molecule has 102 valence electrons. The van der Waals surface area contributed by atoms with Crippen LogP contribution in [0.2, 0.25) is 0 Å². The lowest BCUT2D eigenvalue weighted by Gasteiger charge is -2.03. The SMILES string of the molecule is Cc1cc(CSCc2nnnn2-c2ccccc2)on1. The number of rotatable bonds is 5. The smallest absolute Gasteiger partial charge is 0.166 e. The molecule has 1 aromatic carbocycles. The standard InChI is InChI=1S/C13H13N5OS/c1-10-7-12(19-15-10)8-20-9-13-14-16-17-18(13)11-5-3-2-4-6-11/h2-7H,8-9H2,1H3. The molecule has 0 bridgehead atoms. The molecule has 0 saturated heterocycles. The average Bonchev–Trinajstić information content (AvgIpc) is 3.09. The van der Waals surface area contributed by atoms with E-state index in [1.54, 1.807) is 16.4 Å². The van der Waals surface area contributed by atoms with Crippen LogP contribution in [0.5, 0.6) is 0 Å². The minimum atomic E-state index is 0.710. The number of para-hydroxylation sites is 1. The van der Waals surface area contributed by atoms with E-state index in [0.717, 1.165) is 28.7 Å². The lowest BCUT2D eigenvalue weighted by Crippen LogP contribution is -2.01. The molecule has 2 aromatic heterocycles. The van der Waals surface area contributed by atoms with Crippen molar-refractivity contribution >= 4 is 11.8 Å². The molecule has 0 aliphatic heterocycles. The molecule has 0 saturated carbocycles. The van der Waals surface area contributed by atoms with Gasteiger partial charge in [-0.15, -0.1) is 16.9 Å². The number of tetrazole rings is 1. The second-order valence-electron chi connectivity index (χ2n) is 4.27. The quantitative estimate of drug-likeness (QED) is 0.717. The summed E-state index contributed by atoms with van der Waals surface area (Å²) < 4.78 is 6.92. The highest BCUT2D eigenvalue weighted by Gasteiger charge is 2.09. The predicted molar refractivity (Wildman–Crippen MR) is 75.4 cm³/mol. The Hall–Kier alpha value is -2.15. The highest BCUT2D eigenvalue weighted by Crippen LogP contribution is 2.18. The van der Waals surface area contributed by atoms with Crippen molar-refractivity contribution in [2.45, 2.75) is 18.4 Å². The van der Waals surface area contributed by atoms with Crippen molar-refractivity contribution in [1.29, 1.82) is 0 Å². The first-order chi connectivity index (χ1) is 9.83. The van der Waals surface area contributed by atoms with Gasteiger partial charge in [0.1, 0.15) is 5.76 Å². The van der Waals surface area contributed by atoms with Gasteiger partial charge in [0.15, 0.2) is 5.82 Å². The van der Waals surface area contributed by atoms with Crippen molar-refractivity contribution in [3.63, 3.8) is 0 Å². The maximum absolute atomic E-state index is 5.17. The summed E-state index contributed by atoms with van der Waals surface area (Å²) in [5.74, 6) is 3.15. The number of hydrogen-bond donors (Lipinski definition) is 0. The molecule has 0 unspecified atom stereocenters. The Balaban J connectivity index is 1.65. The van der Waals surface area contributed by atoms with E-state index in [2.05, 4.69) is 20.7 Å². The summed E-state index contributed by atoms with van der Waals surface area (Å²) in [5.41, 5.74) is 1.86. The third-order valence-electron chi connectivity index (χ3n) is 2.69. The summed E-state index contributed by atoms with van der Waals surface area (Å²) in [5, 5.41) is 15.7.